The van der Waals surface area contributed by atoms with Gasteiger partial charge < -0.3 is 15.9 Å². The third-order valence-corrected chi connectivity index (χ3v) is 3.10. The number of nitrogens with one attached hydrogen (secondary N) is 1. The predicted molar refractivity (Wildman–Crippen MR) is 64.7 cm³/mol. The van der Waals surface area contributed by atoms with Crippen LogP contribution in [0.5, 0.6) is 0 Å². The van der Waals surface area contributed by atoms with Crippen molar-refractivity contribution in [3.05, 3.63) is 35.1 Å². The highest BCUT2D eigenvalue weighted by Crippen LogP contribution is 2.18. The number of halogens is 1. The van der Waals surface area contributed by atoms with E-state index in [1.165, 1.54) is 6.07 Å². The van der Waals surface area contributed by atoms with Crippen molar-refractivity contribution in [2.24, 2.45) is 5.73 Å². The highest BCUT2D eigenvalue weighted by Gasteiger charge is 2.29. The van der Waals surface area contributed by atoms with Crippen LogP contribution in [-0.2, 0) is 6.54 Å². The molecule has 0 saturated carbocycles. The van der Waals surface area contributed by atoms with Crippen molar-refractivity contribution in [1.29, 1.82) is 5.41 Å². The van der Waals surface area contributed by atoms with Crippen LogP contribution in [0.4, 0.5) is 4.39 Å². The first-order valence-corrected chi connectivity index (χ1v) is 5.69. The number of benzene rings is 1. The van der Waals surface area contributed by atoms with Crippen LogP contribution in [-0.4, -0.2) is 46.2 Å². The molecule has 1 fully saturated rings. The molecule has 18 heavy (non-hydrogen) atoms. The average Bonchev–Trinajstić information content (AvgIpc) is 2.60. The van der Waals surface area contributed by atoms with Gasteiger partial charge in [-0.2, -0.15) is 0 Å². The number of hydrogen-bond acceptors (Lipinski definition) is 4. The first kappa shape index (κ1) is 12.9. The van der Waals surface area contributed by atoms with E-state index >= 15 is 0 Å². The number of aliphatic hydroxyl groups excluding tert-OH is 2. The lowest BCUT2D eigenvalue weighted by molar-refractivity contribution is 0.0572. The van der Waals surface area contributed by atoms with Crippen molar-refractivity contribution in [2.75, 3.05) is 13.1 Å². The van der Waals surface area contributed by atoms with E-state index in [0.29, 0.717) is 18.7 Å². The Bertz CT molecular complexity index is 457. The lowest BCUT2D eigenvalue weighted by Crippen LogP contribution is -2.23. The minimum atomic E-state index is -0.788. The zero-order valence-electron chi connectivity index (χ0n) is 9.81. The standard InChI is InChI=1S/C12H16FN3O2/c13-11-7(2-1-3-8(11)12(14)15)4-16-5-9(17)10(18)6-16/h1-3,9-10,17-18H,4-6H2,(H3,14,15). The number of likely N-dealkylation sites (tertiary alicyclic amines) is 1. The van der Waals surface area contributed by atoms with Crippen molar-refractivity contribution in [2.45, 2.75) is 18.8 Å². The Balaban J connectivity index is 2.15. The van der Waals surface area contributed by atoms with Gasteiger partial charge in [0.05, 0.1) is 17.8 Å². The van der Waals surface area contributed by atoms with Gasteiger partial charge in [0.1, 0.15) is 11.7 Å². The fraction of sp³-hybridized carbons (Fsp3) is 0.417. The summed E-state index contributed by atoms with van der Waals surface area (Å²) in [6.07, 6.45) is -1.58. The van der Waals surface area contributed by atoms with E-state index in [2.05, 4.69) is 0 Å². The van der Waals surface area contributed by atoms with E-state index in [-0.39, 0.29) is 17.9 Å². The Morgan fingerprint density at radius 1 is 1.39 bits per heavy atom. The molecule has 2 rings (SSSR count). The summed E-state index contributed by atoms with van der Waals surface area (Å²) >= 11 is 0. The van der Waals surface area contributed by atoms with Gasteiger partial charge in [0.25, 0.3) is 0 Å². The summed E-state index contributed by atoms with van der Waals surface area (Å²) in [6, 6.07) is 4.70. The summed E-state index contributed by atoms with van der Waals surface area (Å²) < 4.78 is 14.0. The van der Waals surface area contributed by atoms with Crippen molar-refractivity contribution in [3.63, 3.8) is 0 Å². The molecule has 0 radical (unpaired) electrons. The summed E-state index contributed by atoms with van der Waals surface area (Å²) in [6.45, 7) is 0.900. The summed E-state index contributed by atoms with van der Waals surface area (Å²) in [5.74, 6) is -0.822. The van der Waals surface area contributed by atoms with E-state index in [0.717, 1.165) is 0 Å². The summed E-state index contributed by atoms with van der Waals surface area (Å²) in [5, 5.41) is 26.1. The topological polar surface area (TPSA) is 93.6 Å². The van der Waals surface area contributed by atoms with Crippen molar-refractivity contribution in [3.8, 4) is 0 Å². The highest BCUT2D eigenvalue weighted by molar-refractivity contribution is 5.95. The molecule has 1 aliphatic heterocycles. The van der Waals surface area contributed by atoms with E-state index in [1.807, 2.05) is 0 Å². The Morgan fingerprint density at radius 3 is 2.56 bits per heavy atom. The Kier molecular flexibility index (Phi) is 3.60. The van der Waals surface area contributed by atoms with E-state index in [1.54, 1.807) is 17.0 Å². The molecule has 0 bridgehead atoms. The molecule has 1 aromatic carbocycles. The number of β-amino-alcohol motifs (C(OH)–C–C–N with tert-alkyl or cyclic N) is 2. The molecule has 5 nitrogen and oxygen atoms in total. The molecular formula is C12H16FN3O2. The monoisotopic (exact) mass is 253 g/mol. The molecule has 0 aromatic heterocycles. The largest absolute Gasteiger partial charge is 0.389 e. The van der Waals surface area contributed by atoms with Gasteiger partial charge in [-0.15, -0.1) is 0 Å². The van der Waals surface area contributed by atoms with Gasteiger partial charge >= 0.3 is 0 Å². The van der Waals surface area contributed by atoms with Gasteiger partial charge in [-0.05, 0) is 6.07 Å². The zero-order valence-corrected chi connectivity index (χ0v) is 9.81. The fourth-order valence-corrected chi connectivity index (χ4v) is 2.13. The summed E-state index contributed by atoms with van der Waals surface area (Å²) in [7, 11) is 0. The van der Waals surface area contributed by atoms with Crippen LogP contribution in [0.2, 0.25) is 0 Å². The number of nitrogens with two attached hydrogens (primary N) is 1. The van der Waals surface area contributed by atoms with Crippen LogP contribution >= 0.6 is 0 Å². The quantitative estimate of drug-likeness (QED) is 0.437. The number of amidine groups is 1. The van der Waals surface area contributed by atoms with Gasteiger partial charge in [-0.1, -0.05) is 12.1 Å². The van der Waals surface area contributed by atoms with Crippen molar-refractivity contribution >= 4 is 5.84 Å². The molecular weight excluding hydrogens is 237 g/mol. The smallest absolute Gasteiger partial charge is 0.138 e. The number of rotatable bonds is 3. The molecule has 1 heterocycles. The molecule has 5 N–H and O–H groups in total. The van der Waals surface area contributed by atoms with Gasteiger partial charge in [0.2, 0.25) is 0 Å². The van der Waals surface area contributed by atoms with Gasteiger partial charge in [-0.3, -0.25) is 10.3 Å². The van der Waals surface area contributed by atoms with E-state index < -0.39 is 18.0 Å². The minimum absolute atomic E-state index is 0.0767. The number of aliphatic hydroxyl groups is 2. The van der Waals surface area contributed by atoms with E-state index in [4.69, 9.17) is 11.1 Å². The molecule has 0 aliphatic carbocycles. The Hall–Kier alpha value is -1.50. The number of nitrogens with zero attached hydrogens (tertiary/aromatic N) is 1. The second-order valence-corrected chi connectivity index (χ2v) is 4.52. The van der Waals surface area contributed by atoms with Crippen LogP contribution in [0, 0.1) is 11.2 Å². The van der Waals surface area contributed by atoms with Gasteiger partial charge in [0, 0.05) is 25.2 Å². The van der Waals surface area contributed by atoms with Crippen molar-refractivity contribution < 1.29 is 14.6 Å². The molecule has 2 atom stereocenters. The number of nitrogen functional groups attached to an aromatic ring is 1. The van der Waals surface area contributed by atoms with Crippen LogP contribution in [0.3, 0.4) is 0 Å². The molecule has 0 spiro atoms. The maximum Gasteiger partial charge on any atom is 0.138 e. The molecule has 6 heteroatoms. The Morgan fingerprint density at radius 2 is 2.00 bits per heavy atom. The lowest BCUT2D eigenvalue weighted by Gasteiger charge is -2.16. The molecule has 1 aliphatic rings. The lowest BCUT2D eigenvalue weighted by atomic mass is 10.1. The van der Waals surface area contributed by atoms with E-state index in [9.17, 15) is 14.6 Å². The molecule has 98 valence electrons. The fourth-order valence-electron chi connectivity index (χ4n) is 2.13. The highest BCUT2D eigenvalue weighted by atomic mass is 19.1. The van der Waals surface area contributed by atoms with Crippen LogP contribution in [0.15, 0.2) is 18.2 Å². The van der Waals surface area contributed by atoms with Crippen LogP contribution in [0.1, 0.15) is 11.1 Å². The summed E-state index contributed by atoms with van der Waals surface area (Å²) in [5.41, 5.74) is 5.77. The summed E-state index contributed by atoms with van der Waals surface area (Å²) in [4.78, 5) is 1.76. The zero-order chi connectivity index (χ0) is 13.3. The second-order valence-electron chi connectivity index (χ2n) is 4.52. The average molecular weight is 253 g/mol. The maximum atomic E-state index is 14.0. The molecule has 0 amide bonds. The SMILES string of the molecule is N=C(N)c1cccc(CN2CC(O)C(O)C2)c1F. The van der Waals surface area contributed by atoms with Gasteiger partial charge in [-0.25, -0.2) is 4.39 Å². The first-order chi connectivity index (χ1) is 8.49. The van der Waals surface area contributed by atoms with Crippen LogP contribution in [0.25, 0.3) is 0 Å². The predicted octanol–water partition coefficient (Wildman–Crippen LogP) is -0.353. The maximum absolute atomic E-state index is 14.0. The molecule has 1 saturated heterocycles. The first-order valence-electron chi connectivity index (χ1n) is 5.69. The van der Waals surface area contributed by atoms with Gasteiger partial charge in [0.15, 0.2) is 0 Å². The molecule has 1 aromatic rings. The third kappa shape index (κ3) is 2.50. The Labute approximate surface area is 104 Å². The number of hydrogen-bond donors (Lipinski definition) is 4. The third-order valence-electron chi connectivity index (χ3n) is 3.10. The van der Waals surface area contributed by atoms with Crippen molar-refractivity contribution in [1.82, 2.24) is 4.90 Å². The van der Waals surface area contributed by atoms with Crippen LogP contribution < -0.4 is 5.73 Å². The normalized spacial score (nSPS) is 24.4. The minimum Gasteiger partial charge on any atom is -0.389 e. The second kappa shape index (κ2) is 5.01. The molecule has 2 unspecified atom stereocenters.